The number of hydrogen-bond donors (Lipinski definition) is 1. The van der Waals surface area contributed by atoms with Crippen LogP contribution in [0.4, 0.5) is 24.0 Å². The molecule has 0 amide bonds. The van der Waals surface area contributed by atoms with Gasteiger partial charge in [-0.3, -0.25) is 4.98 Å². The Morgan fingerprint density at radius 2 is 2.03 bits per heavy atom. The van der Waals surface area contributed by atoms with Gasteiger partial charge in [-0.1, -0.05) is 31.1 Å². The lowest BCUT2D eigenvalue weighted by Gasteiger charge is -2.15. The molecule has 10 heteroatoms. The number of rotatable bonds is 9. The van der Waals surface area contributed by atoms with E-state index in [9.17, 15) is 18.0 Å². The third-order valence-electron chi connectivity index (χ3n) is 4.47. The molecular formula is C22H22F3N3O3S. The number of esters is 1. The first-order valence-electron chi connectivity index (χ1n) is 9.94. The Morgan fingerprint density at radius 1 is 1.22 bits per heavy atom. The average molecular weight is 465 g/mol. The zero-order valence-electron chi connectivity index (χ0n) is 17.5. The van der Waals surface area contributed by atoms with Crippen LogP contribution in [0.25, 0.3) is 11.3 Å². The summed E-state index contributed by atoms with van der Waals surface area (Å²) in [4.78, 5) is 20.8. The Labute approximate surface area is 187 Å². The molecule has 0 aliphatic heterocycles. The molecule has 0 saturated carbocycles. The van der Waals surface area contributed by atoms with Crippen LogP contribution in [0.3, 0.4) is 0 Å². The molecular weight excluding hydrogens is 443 g/mol. The highest BCUT2D eigenvalue weighted by Gasteiger charge is 2.35. The van der Waals surface area contributed by atoms with Crippen molar-refractivity contribution in [1.82, 2.24) is 9.97 Å². The highest BCUT2D eigenvalue weighted by Crippen LogP contribution is 2.39. The van der Waals surface area contributed by atoms with Gasteiger partial charge in [0.2, 0.25) is 0 Å². The highest BCUT2D eigenvalue weighted by atomic mass is 32.1. The summed E-state index contributed by atoms with van der Waals surface area (Å²) < 4.78 is 51.0. The lowest BCUT2D eigenvalue weighted by molar-refractivity contribution is -0.138. The van der Waals surface area contributed by atoms with E-state index in [2.05, 4.69) is 15.3 Å². The molecule has 0 aliphatic carbocycles. The largest absolute Gasteiger partial charge is 0.493 e. The summed E-state index contributed by atoms with van der Waals surface area (Å²) in [5.74, 6) is -0.814. The quantitative estimate of drug-likeness (QED) is 0.294. The average Bonchev–Trinajstić information content (AvgIpc) is 3.20. The lowest BCUT2D eigenvalue weighted by Crippen LogP contribution is -2.10. The molecule has 0 bridgehead atoms. The number of nitrogens with zero attached hydrogens (tertiary/aromatic N) is 2. The minimum Gasteiger partial charge on any atom is -0.493 e. The fourth-order valence-corrected chi connectivity index (χ4v) is 3.84. The summed E-state index contributed by atoms with van der Waals surface area (Å²) in [5, 5.41) is 3.10. The molecule has 1 N–H and O–H groups in total. The molecule has 6 nitrogen and oxygen atoms in total. The van der Waals surface area contributed by atoms with Crippen LogP contribution >= 0.6 is 11.3 Å². The van der Waals surface area contributed by atoms with Crippen molar-refractivity contribution in [3.8, 4) is 17.0 Å². The molecule has 0 fully saturated rings. The normalized spacial score (nSPS) is 11.3. The fourth-order valence-electron chi connectivity index (χ4n) is 2.92. The van der Waals surface area contributed by atoms with Crippen molar-refractivity contribution in [2.75, 3.05) is 19.0 Å². The van der Waals surface area contributed by atoms with Crippen LogP contribution in [-0.4, -0.2) is 29.7 Å². The molecule has 2 aromatic heterocycles. The van der Waals surface area contributed by atoms with Crippen molar-refractivity contribution in [1.29, 1.82) is 0 Å². The van der Waals surface area contributed by atoms with Gasteiger partial charge in [-0.05, 0) is 36.8 Å². The molecule has 0 atom stereocenters. The second kappa shape index (κ2) is 10.4. The van der Waals surface area contributed by atoms with E-state index in [-0.39, 0.29) is 28.1 Å². The topological polar surface area (TPSA) is 73.3 Å². The minimum absolute atomic E-state index is 0.168. The third-order valence-corrected chi connectivity index (χ3v) is 5.43. The van der Waals surface area contributed by atoms with Gasteiger partial charge in [0.25, 0.3) is 0 Å². The Kier molecular flexibility index (Phi) is 7.68. The second-order valence-corrected chi connectivity index (χ2v) is 7.82. The monoisotopic (exact) mass is 465 g/mol. The number of methoxy groups -OCH3 is 1. The van der Waals surface area contributed by atoms with Gasteiger partial charge in [0.05, 0.1) is 25.0 Å². The number of alkyl halides is 3. The predicted molar refractivity (Wildman–Crippen MR) is 116 cm³/mol. The summed E-state index contributed by atoms with van der Waals surface area (Å²) in [7, 11) is 1.25. The lowest BCUT2D eigenvalue weighted by atomic mass is 10.1. The van der Waals surface area contributed by atoms with E-state index in [1.165, 1.54) is 25.4 Å². The fraction of sp³-hybridized carbons (Fsp3) is 0.318. The zero-order chi connectivity index (χ0) is 23.1. The Hall–Kier alpha value is -3.14. The van der Waals surface area contributed by atoms with Crippen LogP contribution in [0.2, 0.25) is 0 Å². The number of carbonyl (C=O) groups excluding carboxylic acids is 1. The van der Waals surface area contributed by atoms with Crippen molar-refractivity contribution < 1.29 is 27.4 Å². The molecule has 0 saturated heterocycles. The molecule has 0 aliphatic rings. The number of nitrogens with one attached hydrogen (secondary N) is 1. The number of unbranched alkanes of at least 4 members (excludes halogenated alkanes) is 2. The van der Waals surface area contributed by atoms with Gasteiger partial charge in [0, 0.05) is 23.6 Å². The zero-order valence-corrected chi connectivity index (χ0v) is 18.3. The van der Waals surface area contributed by atoms with Crippen LogP contribution < -0.4 is 10.1 Å². The number of anilines is 2. The van der Waals surface area contributed by atoms with E-state index in [1.54, 1.807) is 18.3 Å². The van der Waals surface area contributed by atoms with Crippen molar-refractivity contribution in [3.63, 3.8) is 0 Å². The molecule has 2 heterocycles. The van der Waals surface area contributed by atoms with Gasteiger partial charge in [-0.15, -0.1) is 0 Å². The summed E-state index contributed by atoms with van der Waals surface area (Å²) in [6.07, 6.45) is 1.04. The number of pyridine rings is 1. The van der Waals surface area contributed by atoms with Gasteiger partial charge >= 0.3 is 12.1 Å². The molecule has 3 rings (SSSR count). The second-order valence-electron chi connectivity index (χ2n) is 6.82. The highest BCUT2D eigenvalue weighted by molar-refractivity contribution is 7.18. The molecule has 3 aromatic rings. The van der Waals surface area contributed by atoms with Gasteiger partial charge in [0.15, 0.2) is 5.13 Å². The van der Waals surface area contributed by atoms with Crippen LogP contribution in [0.5, 0.6) is 5.75 Å². The number of thiazole rings is 1. The summed E-state index contributed by atoms with van der Waals surface area (Å²) in [6.45, 7) is 2.22. The third kappa shape index (κ3) is 5.76. The SMILES string of the molecule is CCCCCOc1ccc(Nc2nc(-c3cccnc3)c(C(=O)OC)s2)cc1C(F)(F)F. The molecule has 1 aromatic carbocycles. The first kappa shape index (κ1) is 23.5. The maximum atomic E-state index is 13.6. The predicted octanol–water partition coefficient (Wildman–Crippen LogP) is 6.32. The van der Waals surface area contributed by atoms with Gasteiger partial charge < -0.3 is 14.8 Å². The summed E-state index contributed by atoms with van der Waals surface area (Å²) in [6, 6.07) is 7.15. The van der Waals surface area contributed by atoms with E-state index >= 15 is 0 Å². The van der Waals surface area contributed by atoms with Crippen molar-refractivity contribution in [2.24, 2.45) is 0 Å². The number of hydrogen-bond acceptors (Lipinski definition) is 7. The van der Waals surface area contributed by atoms with E-state index in [0.29, 0.717) is 17.7 Å². The minimum atomic E-state index is -4.58. The first-order chi connectivity index (χ1) is 15.3. The summed E-state index contributed by atoms with van der Waals surface area (Å²) >= 11 is 0.982. The molecule has 0 spiro atoms. The summed E-state index contributed by atoms with van der Waals surface area (Å²) in [5.41, 5.74) is 0.214. The van der Waals surface area contributed by atoms with Crippen LogP contribution in [0.15, 0.2) is 42.7 Å². The van der Waals surface area contributed by atoms with E-state index in [0.717, 1.165) is 30.2 Å². The Bertz CT molecular complexity index is 1060. The number of carbonyl (C=O) groups is 1. The van der Waals surface area contributed by atoms with E-state index < -0.39 is 17.7 Å². The van der Waals surface area contributed by atoms with E-state index in [1.807, 2.05) is 6.92 Å². The van der Waals surface area contributed by atoms with Crippen LogP contribution in [0, 0.1) is 0 Å². The van der Waals surface area contributed by atoms with Crippen LogP contribution in [-0.2, 0) is 10.9 Å². The van der Waals surface area contributed by atoms with Gasteiger partial charge in [0.1, 0.15) is 10.6 Å². The molecule has 32 heavy (non-hydrogen) atoms. The van der Waals surface area contributed by atoms with Crippen molar-refractivity contribution in [2.45, 2.75) is 32.4 Å². The first-order valence-corrected chi connectivity index (χ1v) is 10.8. The number of halogens is 3. The molecule has 170 valence electrons. The van der Waals surface area contributed by atoms with Gasteiger partial charge in [-0.25, -0.2) is 9.78 Å². The number of aromatic nitrogens is 2. The van der Waals surface area contributed by atoms with E-state index in [4.69, 9.17) is 9.47 Å². The molecule has 0 radical (unpaired) electrons. The van der Waals surface area contributed by atoms with Crippen LogP contribution in [0.1, 0.15) is 41.4 Å². The Balaban J connectivity index is 1.89. The molecule has 0 unspecified atom stereocenters. The maximum absolute atomic E-state index is 13.6. The van der Waals surface area contributed by atoms with Crippen molar-refractivity contribution >= 4 is 28.1 Å². The Morgan fingerprint density at radius 3 is 2.69 bits per heavy atom. The maximum Gasteiger partial charge on any atom is 0.420 e. The number of benzene rings is 1. The van der Waals surface area contributed by atoms with Crippen molar-refractivity contribution in [3.05, 3.63) is 53.2 Å². The smallest absolute Gasteiger partial charge is 0.420 e. The standard InChI is InChI=1S/C22H22F3N3O3S/c1-3-4-5-11-31-17-9-8-15(12-16(17)22(23,24)25)27-21-28-18(14-7-6-10-26-13-14)19(32-21)20(29)30-2/h6-10,12-13H,3-5,11H2,1-2H3,(H,27,28). The number of ether oxygens (including phenoxy) is 2. The van der Waals surface area contributed by atoms with Gasteiger partial charge in [-0.2, -0.15) is 13.2 Å².